The van der Waals surface area contributed by atoms with Crippen LogP contribution in [0.5, 0.6) is 0 Å². The van der Waals surface area contributed by atoms with Crippen molar-refractivity contribution >= 4 is 120 Å². The molecule has 0 saturated carbocycles. The van der Waals surface area contributed by atoms with Crippen LogP contribution in [0, 0.1) is 0 Å². The second kappa shape index (κ2) is 15.4. The third-order valence-electron chi connectivity index (χ3n) is 15.7. The van der Waals surface area contributed by atoms with E-state index in [0.717, 1.165) is 104 Å². The van der Waals surface area contributed by atoms with Gasteiger partial charge in [-0.3, -0.25) is 9.13 Å². The second-order valence-electron chi connectivity index (χ2n) is 19.6. The van der Waals surface area contributed by atoms with Crippen molar-refractivity contribution in [1.82, 2.24) is 33.2 Å². The van der Waals surface area contributed by atoms with E-state index in [1.54, 1.807) is 0 Å². The molecule has 12 aromatic carbocycles. The van der Waals surface area contributed by atoms with Crippen molar-refractivity contribution in [1.29, 1.82) is 0 Å². The minimum Gasteiger partial charge on any atom is -0.307 e. The molecule has 0 spiro atoms. The quantitative estimate of drug-likeness (QED) is 0.162. The van der Waals surface area contributed by atoms with Gasteiger partial charge in [0.1, 0.15) is 0 Å². The van der Waals surface area contributed by atoms with Crippen molar-refractivity contribution in [2.75, 3.05) is 0 Å². The number of fused-ring (bicyclic) bond motifs is 14. The first kappa shape index (κ1) is 41.5. The highest BCUT2D eigenvalue weighted by Crippen LogP contribution is 2.45. The zero-order chi connectivity index (χ0) is 48.2. The Kier molecular flexibility index (Phi) is 8.55. The van der Waals surface area contributed by atoms with Gasteiger partial charge < -0.3 is 9.13 Å². The number of rotatable bonds is 5. The van der Waals surface area contributed by atoms with Gasteiger partial charge in [0, 0.05) is 60.0 Å². The first-order valence-electron chi connectivity index (χ1n) is 25.2. The molecule has 0 fully saturated rings. The van der Waals surface area contributed by atoms with Gasteiger partial charge in [-0.15, -0.1) is 0 Å². The van der Waals surface area contributed by atoms with Crippen LogP contribution in [-0.4, -0.2) is 33.2 Å². The lowest BCUT2D eigenvalue weighted by molar-refractivity contribution is 0.893. The van der Waals surface area contributed by atoms with Crippen LogP contribution in [0.1, 0.15) is 7.43 Å². The first-order valence-corrected chi connectivity index (χ1v) is 25.2. The van der Waals surface area contributed by atoms with Gasteiger partial charge in [0.05, 0.1) is 44.1 Å². The Hall–Kier alpha value is -10.1. The number of benzene rings is 12. The van der Waals surface area contributed by atoms with Crippen LogP contribution in [0.3, 0.4) is 0 Å². The highest BCUT2D eigenvalue weighted by molar-refractivity contribution is 6.26. The molecule has 0 unspecified atom stereocenters. The molecule has 0 aliphatic heterocycles. The molecule has 17 rings (SSSR count). The van der Waals surface area contributed by atoms with Crippen LogP contribution in [0.15, 0.2) is 237 Å². The molecule has 5 aromatic heterocycles. The van der Waals surface area contributed by atoms with Crippen LogP contribution in [0.2, 0.25) is 0 Å². The van der Waals surface area contributed by atoms with E-state index in [0.29, 0.717) is 17.7 Å². The minimum absolute atomic E-state index is 0. The Labute approximate surface area is 429 Å². The van der Waals surface area contributed by atoms with Gasteiger partial charge in [0.15, 0.2) is 5.82 Å². The summed E-state index contributed by atoms with van der Waals surface area (Å²) in [5.74, 6) is 1.64. The van der Waals surface area contributed by atoms with Crippen LogP contribution >= 0.6 is 0 Å². The number of hydrogen-bond donors (Lipinski definition) is 0. The van der Waals surface area contributed by atoms with Gasteiger partial charge in [-0.25, -0.2) is 0 Å². The molecule has 0 radical (unpaired) electrons. The van der Waals surface area contributed by atoms with Crippen molar-refractivity contribution in [3.05, 3.63) is 237 Å². The van der Waals surface area contributed by atoms with E-state index in [1.807, 2.05) is 0 Å². The second-order valence-corrected chi connectivity index (χ2v) is 19.6. The Morgan fingerprint density at radius 2 is 0.587 bits per heavy atom. The maximum Gasteiger partial charge on any atom is 0.240 e. The van der Waals surface area contributed by atoms with E-state index < -0.39 is 0 Å². The van der Waals surface area contributed by atoms with Crippen molar-refractivity contribution in [3.63, 3.8) is 0 Å². The molecule has 7 nitrogen and oxygen atoms in total. The minimum atomic E-state index is 0. The Morgan fingerprint density at radius 3 is 1.00 bits per heavy atom. The van der Waals surface area contributed by atoms with E-state index in [4.69, 9.17) is 15.0 Å². The lowest BCUT2D eigenvalue weighted by Crippen LogP contribution is -2.11. The summed E-state index contributed by atoms with van der Waals surface area (Å²) < 4.78 is 9.43. The normalized spacial score (nSPS) is 12.2. The number of nitrogens with zero attached hydrogens (tertiary/aromatic N) is 7. The van der Waals surface area contributed by atoms with Crippen LogP contribution < -0.4 is 0 Å². The summed E-state index contributed by atoms with van der Waals surface area (Å²) in [4.78, 5) is 17.2. The van der Waals surface area contributed by atoms with Crippen molar-refractivity contribution in [2.24, 2.45) is 0 Å². The molecule has 0 atom stereocenters. The lowest BCUT2D eigenvalue weighted by Gasteiger charge is -2.16. The van der Waals surface area contributed by atoms with Gasteiger partial charge in [-0.1, -0.05) is 183 Å². The fourth-order valence-electron chi connectivity index (χ4n) is 12.7. The largest absolute Gasteiger partial charge is 0.307 e. The fraction of sp³-hybridized carbons (Fsp3) is 0.0147. The molecule has 0 amide bonds. The monoisotopic (exact) mass is 957 g/mol. The summed E-state index contributed by atoms with van der Waals surface area (Å²) in [5, 5.41) is 16.4. The molecule has 350 valence electrons. The van der Waals surface area contributed by atoms with Crippen molar-refractivity contribution in [2.45, 2.75) is 7.43 Å². The Balaban J connectivity index is 0.00000476. The third kappa shape index (κ3) is 5.66. The number of aromatic nitrogens is 7. The maximum atomic E-state index is 5.80. The standard InChI is InChI=1S/C67H39N7.CH4/c1-3-18-45(19-4-1)71-55-26-11-7-22-47(55)51-34-36-53-49-24-9-13-28-57(49)73(63(53)61(51)71)66-68-65(44-38-42-32-30-40-16-15-17-41-31-33-43(39-44)60(42)59(40)41)69-67(70-66)74-58-29-14-10-25-50(58)54-37-35-52-48-23-8-12-27-56(48)72(62(52)64(54)74)46-20-5-2-6-21-46;/h1-39H;1H4. The Bertz CT molecular complexity index is 4880. The molecule has 0 N–H and O–H groups in total. The van der Waals surface area contributed by atoms with Gasteiger partial charge in [-0.05, 0) is 93.0 Å². The maximum absolute atomic E-state index is 5.80. The summed E-state index contributed by atoms with van der Waals surface area (Å²) in [5.41, 5.74) is 11.6. The van der Waals surface area contributed by atoms with Crippen molar-refractivity contribution in [3.8, 4) is 34.7 Å². The first-order chi connectivity index (χ1) is 36.7. The van der Waals surface area contributed by atoms with E-state index in [1.165, 1.54) is 32.3 Å². The molecule has 0 saturated heterocycles. The van der Waals surface area contributed by atoms with Gasteiger partial charge in [0.2, 0.25) is 11.9 Å². The summed E-state index contributed by atoms with van der Waals surface area (Å²) in [6.45, 7) is 0. The highest BCUT2D eigenvalue weighted by atomic mass is 15.3. The smallest absolute Gasteiger partial charge is 0.240 e. The van der Waals surface area contributed by atoms with Crippen LogP contribution in [-0.2, 0) is 0 Å². The predicted octanol–water partition coefficient (Wildman–Crippen LogP) is 17.5. The van der Waals surface area contributed by atoms with Gasteiger partial charge >= 0.3 is 0 Å². The Morgan fingerprint density at radius 1 is 0.253 bits per heavy atom. The molecular weight excluding hydrogens is 915 g/mol. The summed E-state index contributed by atoms with van der Waals surface area (Å²) in [7, 11) is 0. The SMILES string of the molecule is C.c1ccc(-n2c3ccccc3c3ccc4c5ccccc5n(-c5nc(-c6cc7ccc8cccc9ccc(c6)c7c89)nc(-n6c7ccccc7c7ccc8c9ccccc9n(-c9ccccc9)c8c76)n5)c4c32)cc1. The third-order valence-corrected chi connectivity index (χ3v) is 15.7. The topological polar surface area (TPSA) is 58.4 Å². The summed E-state index contributed by atoms with van der Waals surface area (Å²) in [6, 6.07) is 85.5. The summed E-state index contributed by atoms with van der Waals surface area (Å²) >= 11 is 0. The van der Waals surface area contributed by atoms with E-state index >= 15 is 0 Å². The molecule has 17 aromatic rings. The molecule has 75 heavy (non-hydrogen) atoms. The van der Waals surface area contributed by atoms with Crippen LogP contribution in [0.4, 0.5) is 0 Å². The summed E-state index contributed by atoms with van der Waals surface area (Å²) in [6.07, 6.45) is 0. The van der Waals surface area contributed by atoms with Crippen molar-refractivity contribution < 1.29 is 0 Å². The van der Waals surface area contributed by atoms with Gasteiger partial charge in [0.25, 0.3) is 0 Å². The fourth-order valence-corrected chi connectivity index (χ4v) is 12.7. The molecule has 0 bridgehead atoms. The lowest BCUT2D eigenvalue weighted by atomic mass is 9.93. The zero-order valence-corrected chi connectivity index (χ0v) is 39.6. The highest BCUT2D eigenvalue weighted by Gasteiger charge is 2.27. The molecule has 7 heteroatoms. The average molecular weight is 958 g/mol. The van der Waals surface area contributed by atoms with Gasteiger partial charge in [-0.2, -0.15) is 15.0 Å². The molecule has 0 aliphatic rings. The molecule has 0 aliphatic carbocycles. The van der Waals surface area contributed by atoms with Crippen LogP contribution in [0.25, 0.3) is 154 Å². The number of para-hydroxylation sites is 6. The van der Waals surface area contributed by atoms with E-state index in [9.17, 15) is 0 Å². The van der Waals surface area contributed by atoms with E-state index in [-0.39, 0.29) is 7.43 Å². The molecular formula is C68H43N7. The predicted molar refractivity (Wildman–Crippen MR) is 313 cm³/mol. The average Bonchev–Trinajstić information content (AvgIpc) is 4.29. The number of hydrogen-bond acceptors (Lipinski definition) is 3. The van der Waals surface area contributed by atoms with E-state index in [2.05, 4.69) is 255 Å². The zero-order valence-electron chi connectivity index (χ0n) is 39.6. The molecule has 5 heterocycles.